The molecule has 8 nitrogen and oxygen atoms in total. The summed E-state index contributed by atoms with van der Waals surface area (Å²) in [5.41, 5.74) is 1.96. The predicted molar refractivity (Wildman–Crippen MR) is 131 cm³/mol. The maximum Gasteiger partial charge on any atom is 0.408 e. The summed E-state index contributed by atoms with van der Waals surface area (Å²) in [6.07, 6.45) is -0.245. The van der Waals surface area contributed by atoms with Crippen LogP contribution in [0.3, 0.4) is 0 Å². The SMILES string of the molecule is CCC(NC(=O)OCc1ccccc1)C(=O)Cn1nnnc1Sc1ccc(C(C)(C)C)cc1Cl. The number of hydrogen-bond donors (Lipinski definition) is 1. The van der Waals surface area contributed by atoms with Crippen LogP contribution in [0.15, 0.2) is 58.6 Å². The summed E-state index contributed by atoms with van der Waals surface area (Å²) in [4.78, 5) is 25.8. The minimum Gasteiger partial charge on any atom is -0.445 e. The minimum atomic E-state index is -0.722. The van der Waals surface area contributed by atoms with Gasteiger partial charge < -0.3 is 10.1 Å². The van der Waals surface area contributed by atoms with Crippen molar-refractivity contribution in [2.75, 3.05) is 0 Å². The molecule has 10 heteroatoms. The van der Waals surface area contributed by atoms with Crippen molar-refractivity contribution in [1.29, 1.82) is 0 Å². The normalized spacial score (nSPS) is 12.3. The van der Waals surface area contributed by atoms with Gasteiger partial charge in [-0.15, -0.1) is 5.10 Å². The predicted octanol–water partition coefficient (Wildman–Crippen LogP) is 5.05. The number of nitrogens with one attached hydrogen (secondary N) is 1. The third-order valence-electron chi connectivity index (χ3n) is 5.11. The van der Waals surface area contributed by atoms with Gasteiger partial charge in [0.2, 0.25) is 5.16 Å². The smallest absolute Gasteiger partial charge is 0.408 e. The van der Waals surface area contributed by atoms with Gasteiger partial charge in [0.05, 0.1) is 11.1 Å². The fraction of sp³-hybridized carbons (Fsp3) is 0.375. The van der Waals surface area contributed by atoms with Gasteiger partial charge in [0.1, 0.15) is 13.2 Å². The van der Waals surface area contributed by atoms with E-state index in [0.29, 0.717) is 16.6 Å². The van der Waals surface area contributed by atoms with Crippen LogP contribution in [-0.2, 0) is 28.1 Å². The lowest BCUT2D eigenvalue weighted by Crippen LogP contribution is -2.42. The van der Waals surface area contributed by atoms with Crippen molar-refractivity contribution in [3.8, 4) is 0 Å². The Morgan fingerprint density at radius 1 is 1.18 bits per heavy atom. The number of amides is 1. The van der Waals surface area contributed by atoms with E-state index in [1.54, 1.807) is 0 Å². The van der Waals surface area contributed by atoms with E-state index in [4.69, 9.17) is 16.3 Å². The van der Waals surface area contributed by atoms with Gasteiger partial charge in [-0.25, -0.2) is 9.48 Å². The van der Waals surface area contributed by atoms with Gasteiger partial charge in [-0.05, 0) is 57.3 Å². The molecule has 1 atom stereocenters. The van der Waals surface area contributed by atoms with Gasteiger partial charge in [0.15, 0.2) is 5.78 Å². The Morgan fingerprint density at radius 3 is 2.56 bits per heavy atom. The number of tetrazole rings is 1. The maximum atomic E-state index is 12.9. The Bertz CT molecular complexity index is 1130. The number of carbonyl (C=O) groups is 2. The summed E-state index contributed by atoms with van der Waals surface area (Å²) in [6, 6.07) is 14.5. The first-order chi connectivity index (χ1) is 16.2. The Hall–Kier alpha value is -2.91. The van der Waals surface area contributed by atoms with E-state index in [0.717, 1.165) is 16.0 Å². The number of benzene rings is 2. The molecule has 0 saturated heterocycles. The fourth-order valence-electron chi connectivity index (χ4n) is 3.09. The monoisotopic (exact) mass is 501 g/mol. The minimum absolute atomic E-state index is 0.0226. The largest absolute Gasteiger partial charge is 0.445 e. The number of halogens is 1. The third-order valence-corrected chi connectivity index (χ3v) is 6.58. The quantitative estimate of drug-likeness (QED) is 0.438. The summed E-state index contributed by atoms with van der Waals surface area (Å²) < 4.78 is 6.63. The average Bonchev–Trinajstić information content (AvgIpc) is 3.23. The molecule has 3 rings (SSSR count). The molecule has 1 heterocycles. The summed E-state index contributed by atoms with van der Waals surface area (Å²) in [6.45, 7) is 8.20. The van der Waals surface area contributed by atoms with Crippen molar-refractivity contribution < 1.29 is 14.3 Å². The number of rotatable bonds is 9. The Kier molecular flexibility index (Phi) is 8.68. The molecule has 0 saturated carbocycles. The van der Waals surface area contributed by atoms with Gasteiger partial charge in [-0.1, -0.05) is 75.7 Å². The van der Waals surface area contributed by atoms with Crippen LogP contribution >= 0.6 is 23.4 Å². The number of nitrogens with zero attached hydrogens (tertiary/aromatic N) is 4. The highest BCUT2D eigenvalue weighted by Gasteiger charge is 2.23. The number of aromatic nitrogens is 4. The summed E-state index contributed by atoms with van der Waals surface area (Å²) in [5.74, 6) is -0.234. The zero-order valence-electron chi connectivity index (χ0n) is 19.6. The van der Waals surface area contributed by atoms with E-state index in [2.05, 4.69) is 41.6 Å². The van der Waals surface area contributed by atoms with Crippen molar-refractivity contribution in [3.05, 3.63) is 64.7 Å². The van der Waals surface area contributed by atoms with E-state index >= 15 is 0 Å². The van der Waals surface area contributed by atoms with E-state index in [9.17, 15) is 9.59 Å². The average molecular weight is 502 g/mol. The molecule has 0 bridgehead atoms. The highest BCUT2D eigenvalue weighted by atomic mass is 35.5. The highest BCUT2D eigenvalue weighted by molar-refractivity contribution is 7.99. The highest BCUT2D eigenvalue weighted by Crippen LogP contribution is 2.35. The second kappa shape index (κ2) is 11.5. The molecule has 180 valence electrons. The van der Waals surface area contributed by atoms with Gasteiger partial charge in [0.25, 0.3) is 0 Å². The van der Waals surface area contributed by atoms with Gasteiger partial charge in [-0.3, -0.25) is 4.79 Å². The van der Waals surface area contributed by atoms with E-state index in [1.807, 2.05) is 55.5 Å². The summed E-state index contributed by atoms with van der Waals surface area (Å²) in [5, 5.41) is 15.3. The number of hydrogen-bond acceptors (Lipinski definition) is 7. The second-order valence-corrected chi connectivity index (χ2v) is 10.2. The van der Waals surface area contributed by atoms with E-state index in [1.165, 1.54) is 16.4 Å². The Morgan fingerprint density at radius 2 is 1.91 bits per heavy atom. The first-order valence-corrected chi connectivity index (χ1v) is 12.1. The number of ketones is 1. The molecule has 0 aliphatic heterocycles. The third kappa shape index (κ3) is 7.04. The molecule has 2 aromatic carbocycles. The lowest BCUT2D eigenvalue weighted by Gasteiger charge is -2.19. The van der Waals surface area contributed by atoms with E-state index < -0.39 is 12.1 Å². The summed E-state index contributed by atoms with van der Waals surface area (Å²) in [7, 11) is 0. The number of Topliss-reactive ketones (excluding diaryl/α,β-unsaturated/α-hetero) is 1. The standard InChI is InChI=1S/C24H28ClN5O3S/c1-5-19(26-23(32)33-15-16-9-7-6-8-10-16)20(31)14-30-22(27-28-29-30)34-21-12-11-17(13-18(21)25)24(2,3)4/h6-13,19H,5,14-15H2,1-4H3,(H,26,32). The van der Waals surface area contributed by atoms with Gasteiger partial charge >= 0.3 is 6.09 Å². The van der Waals surface area contributed by atoms with Crippen LogP contribution in [-0.4, -0.2) is 38.1 Å². The Labute approximate surface area is 208 Å². The van der Waals surface area contributed by atoms with Crippen LogP contribution in [0.25, 0.3) is 0 Å². The molecule has 3 aromatic rings. The zero-order valence-corrected chi connectivity index (χ0v) is 21.2. The molecule has 0 aliphatic carbocycles. The molecule has 34 heavy (non-hydrogen) atoms. The molecule has 0 aliphatic rings. The fourth-order valence-corrected chi connectivity index (χ4v) is 4.16. The van der Waals surface area contributed by atoms with Crippen molar-refractivity contribution in [1.82, 2.24) is 25.5 Å². The first kappa shape index (κ1) is 25.7. The molecule has 0 spiro atoms. The molecule has 0 radical (unpaired) electrons. The van der Waals surface area contributed by atoms with Gasteiger partial charge in [0, 0.05) is 4.90 Å². The lowest BCUT2D eigenvalue weighted by molar-refractivity contribution is -0.122. The molecule has 1 amide bonds. The first-order valence-electron chi connectivity index (χ1n) is 10.9. The maximum absolute atomic E-state index is 12.9. The van der Waals surface area contributed by atoms with Crippen LogP contribution in [0.5, 0.6) is 0 Å². The van der Waals surface area contributed by atoms with E-state index in [-0.39, 0.29) is 24.3 Å². The second-order valence-electron chi connectivity index (χ2n) is 8.75. The Balaban J connectivity index is 1.61. The molecular formula is C24H28ClN5O3S. The molecule has 1 N–H and O–H groups in total. The number of carbonyl (C=O) groups excluding carboxylic acids is 2. The van der Waals surface area contributed by atoms with Crippen LogP contribution < -0.4 is 5.32 Å². The summed E-state index contributed by atoms with van der Waals surface area (Å²) >= 11 is 7.77. The molecule has 1 aromatic heterocycles. The van der Waals surface area contributed by atoms with Crippen LogP contribution in [0.4, 0.5) is 4.79 Å². The van der Waals surface area contributed by atoms with Crippen molar-refractivity contribution in [2.24, 2.45) is 0 Å². The zero-order chi connectivity index (χ0) is 24.7. The van der Waals surface area contributed by atoms with Crippen molar-refractivity contribution in [3.63, 3.8) is 0 Å². The number of ether oxygens (including phenoxy) is 1. The molecular weight excluding hydrogens is 474 g/mol. The van der Waals surface area contributed by atoms with Crippen LogP contribution in [0, 0.1) is 0 Å². The number of alkyl carbamates (subject to hydrolysis) is 1. The molecule has 1 unspecified atom stereocenters. The van der Waals surface area contributed by atoms with Crippen molar-refractivity contribution in [2.45, 2.75) is 68.8 Å². The lowest BCUT2D eigenvalue weighted by atomic mass is 9.87. The topological polar surface area (TPSA) is 99.0 Å². The van der Waals surface area contributed by atoms with Gasteiger partial charge in [-0.2, -0.15) is 0 Å². The molecule has 0 fully saturated rings. The van der Waals surface area contributed by atoms with Crippen LogP contribution in [0.2, 0.25) is 5.02 Å². The van der Waals surface area contributed by atoms with Crippen LogP contribution in [0.1, 0.15) is 45.2 Å². The van der Waals surface area contributed by atoms with Crippen molar-refractivity contribution >= 4 is 35.2 Å².